The number of methoxy groups -OCH3 is 2. The minimum atomic E-state index is -0.491. The highest BCUT2D eigenvalue weighted by Crippen LogP contribution is 2.37. The van der Waals surface area contributed by atoms with Gasteiger partial charge in [0.2, 0.25) is 11.8 Å². The van der Waals surface area contributed by atoms with Crippen LogP contribution >= 0.6 is 0 Å². The second-order valence-electron chi connectivity index (χ2n) is 11.3. The number of nitrogens with one attached hydrogen (secondary N) is 1. The van der Waals surface area contributed by atoms with E-state index in [0.717, 1.165) is 57.2 Å². The number of benzene rings is 1. The lowest BCUT2D eigenvalue weighted by atomic mass is 9.78. The van der Waals surface area contributed by atoms with E-state index in [2.05, 4.69) is 5.32 Å². The third-order valence-electron chi connectivity index (χ3n) is 8.87. The summed E-state index contributed by atoms with van der Waals surface area (Å²) >= 11 is 0. The summed E-state index contributed by atoms with van der Waals surface area (Å²) in [6, 6.07) is 6.35. The minimum Gasteiger partial charge on any atom is -0.379 e. The minimum absolute atomic E-state index is 0.00646. The maximum atomic E-state index is 13.8. The summed E-state index contributed by atoms with van der Waals surface area (Å²) in [7, 11) is 3.20. The van der Waals surface area contributed by atoms with E-state index in [4.69, 9.17) is 9.47 Å². The van der Waals surface area contributed by atoms with Crippen LogP contribution in [0.4, 0.5) is 4.79 Å². The number of hydrogen-bond donors (Lipinski definition) is 1. The van der Waals surface area contributed by atoms with Crippen molar-refractivity contribution in [3.63, 3.8) is 0 Å². The third kappa shape index (κ3) is 5.82. The van der Waals surface area contributed by atoms with Crippen molar-refractivity contribution >= 4 is 23.8 Å². The van der Waals surface area contributed by atoms with Crippen molar-refractivity contribution in [2.45, 2.75) is 82.2 Å². The average molecular weight is 541 g/mol. The van der Waals surface area contributed by atoms with Crippen LogP contribution in [0, 0.1) is 5.92 Å². The highest BCUT2D eigenvalue weighted by atomic mass is 16.5. The second kappa shape index (κ2) is 12.0. The number of likely N-dealkylation sites (tertiary alicyclic amines) is 1. The first-order valence-corrected chi connectivity index (χ1v) is 14.2. The summed E-state index contributed by atoms with van der Waals surface area (Å²) in [6.07, 6.45) is 6.42. The van der Waals surface area contributed by atoms with Crippen LogP contribution in [0.1, 0.15) is 67.3 Å². The first-order valence-electron chi connectivity index (χ1n) is 14.2. The molecule has 10 nitrogen and oxygen atoms in total. The lowest BCUT2D eigenvalue weighted by molar-refractivity contribution is -0.153. The zero-order chi connectivity index (χ0) is 27.5. The van der Waals surface area contributed by atoms with Crippen LogP contribution in [0.15, 0.2) is 24.3 Å². The van der Waals surface area contributed by atoms with E-state index in [9.17, 15) is 19.2 Å². The van der Waals surface area contributed by atoms with Gasteiger partial charge in [-0.1, -0.05) is 25.0 Å². The molecule has 1 N–H and O–H groups in total. The summed E-state index contributed by atoms with van der Waals surface area (Å²) in [4.78, 5) is 57.9. The van der Waals surface area contributed by atoms with Crippen LogP contribution < -0.4 is 5.32 Å². The number of imide groups is 1. The first kappa shape index (κ1) is 27.6. The standard InChI is InChI=1S/C29H40N4O6/c1-38-24-15-22-23(16-25(24)39-2)32(18-26(34)30-21-7-3-4-8-21)29(37)33(28(22)36)17-19-9-11-20(12-10-19)27(35)31-13-5-6-14-31/h9-12,21-25H,3-8,13-18H2,1-2H3,(H,30,34). The topological polar surface area (TPSA) is 108 Å². The van der Waals surface area contributed by atoms with Gasteiger partial charge in [0.25, 0.3) is 5.91 Å². The molecule has 0 radical (unpaired) electrons. The first-order chi connectivity index (χ1) is 18.9. The number of urea groups is 1. The van der Waals surface area contributed by atoms with Crippen molar-refractivity contribution in [2.24, 2.45) is 5.92 Å². The molecule has 0 bridgehead atoms. The fraction of sp³-hybridized carbons (Fsp3) is 0.655. The van der Waals surface area contributed by atoms with Crippen LogP contribution in [0.2, 0.25) is 0 Å². The molecule has 212 valence electrons. The molecule has 2 aliphatic carbocycles. The van der Waals surface area contributed by atoms with Crippen molar-refractivity contribution in [1.82, 2.24) is 20.0 Å². The number of amides is 5. The molecule has 2 aliphatic heterocycles. The molecule has 39 heavy (non-hydrogen) atoms. The van der Waals surface area contributed by atoms with E-state index >= 15 is 0 Å². The Morgan fingerprint density at radius 1 is 0.923 bits per heavy atom. The Hall–Kier alpha value is -2.98. The van der Waals surface area contributed by atoms with Gasteiger partial charge in [-0.25, -0.2) is 4.79 Å². The van der Waals surface area contributed by atoms with E-state index in [1.165, 1.54) is 4.90 Å². The zero-order valence-corrected chi connectivity index (χ0v) is 23.0. The Labute approximate surface area is 230 Å². The van der Waals surface area contributed by atoms with Gasteiger partial charge in [-0.05, 0) is 56.2 Å². The average Bonchev–Trinajstić information content (AvgIpc) is 3.67. The fourth-order valence-corrected chi connectivity index (χ4v) is 6.68. The van der Waals surface area contributed by atoms with Crippen LogP contribution in [0.5, 0.6) is 0 Å². The molecule has 2 heterocycles. The van der Waals surface area contributed by atoms with Gasteiger partial charge >= 0.3 is 6.03 Å². The molecule has 10 heteroatoms. The van der Waals surface area contributed by atoms with Crippen molar-refractivity contribution in [1.29, 1.82) is 0 Å². The van der Waals surface area contributed by atoms with Crippen molar-refractivity contribution in [2.75, 3.05) is 33.9 Å². The Balaban J connectivity index is 1.34. The lowest BCUT2D eigenvalue weighted by Gasteiger charge is -2.49. The molecule has 5 amide bonds. The molecular weight excluding hydrogens is 500 g/mol. The zero-order valence-electron chi connectivity index (χ0n) is 23.0. The molecule has 4 unspecified atom stereocenters. The Bertz CT molecular complexity index is 1070. The summed E-state index contributed by atoms with van der Waals surface area (Å²) in [6.45, 7) is 1.52. The fourth-order valence-electron chi connectivity index (χ4n) is 6.68. The number of carbonyl (C=O) groups is 4. The Morgan fingerprint density at radius 3 is 2.21 bits per heavy atom. The predicted molar refractivity (Wildman–Crippen MR) is 143 cm³/mol. The number of fused-ring (bicyclic) bond motifs is 1. The van der Waals surface area contributed by atoms with Gasteiger partial charge in [-0.2, -0.15) is 0 Å². The van der Waals surface area contributed by atoms with Gasteiger partial charge in [0.1, 0.15) is 6.54 Å². The largest absolute Gasteiger partial charge is 0.379 e. The Morgan fingerprint density at radius 2 is 1.56 bits per heavy atom. The molecule has 2 saturated heterocycles. The smallest absolute Gasteiger partial charge is 0.327 e. The lowest BCUT2D eigenvalue weighted by Crippen LogP contribution is -2.66. The van der Waals surface area contributed by atoms with Gasteiger partial charge < -0.3 is 24.6 Å². The molecule has 5 rings (SSSR count). The van der Waals surface area contributed by atoms with Crippen molar-refractivity contribution < 1.29 is 28.7 Å². The quantitative estimate of drug-likeness (QED) is 0.543. The molecular formula is C29H40N4O6. The summed E-state index contributed by atoms with van der Waals surface area (Å²) in [5.41, 5.74) is 1.35. The van der Waals surface area contributed by atoms with Gasteiger partial charge in [0, 0.05) is 45.0 Å². The van der Waals surface area contributed by atoms with Crippen LogP contribution in [0.3, 0.4) is 0 Å². The molecule has 4 fully saturated rings. The van der Waals surface area contributed by atoms with E-state index in [-0.39, 0.29) is 49.1 Å². The van der Waals surface area contributed by atoms with E-state index in [1.54, 1.807) is 43.4 Å². The summed E-state index contributed by atoms with van der Waals surface area (Å²) in [5.74, 6) is -0.941. The number of rotatable bonds is 8. The number of nitrogens with zero attached hydrogens (tertiary/aromatic N) is 3. The van der Waals surface area contributed by atoms with Gasteiger partial charge in [-0.3, -0.25) is 19.3 Å². The molecule has 0 spiro atoms. The van der Waals surface area contributed by atoms with Crippen molar-refractivity contribution in [3.8, 4) is 0 Å². The van der Waals surface area contributed by atoms with Gasteiger partial charge in [0.15, 0.2) is 0 Å². The number of hydrogen-bond acceptors (Lipinski definition) is 6. The maximum absolute atomic E-state index is 13.8. The van der Waals surface area contributed by atoms with Crippen LogP contribution in [0.25, 0.3) is 0 Å². The molecule has 1 aromatic carbocycles. The molecule has 0 aromatic heterocycles. The molecule has 4 atom stereocenters. The van der Waals surface area contributed by atoms with E-state index in [0.29, 0.717) is 18.4 Å². The molecule has 1 aromatic rings. The summed E-state index contributed by atoms with van der Waals surface area (Å²) < 4.78 is 11.3. The molecule has 4 aliphatic rings. The normalized spacial score (nSPS) is 27.7. The monoisotopic (exact) mass is 540 g/mol. The second-order valence-corrected chi connectivity index (χ2v) is 11.3. The van der Waals surface area contributed by atoms with E-state index < -0.39 is 18.0 Å². The van der Waals surface area contributed by atoms with Crippen LogP contribution in [-0.2, 0) is 25.6 Å². The predicted octanol–water partition coefficient (Wildman–Crippen LogP) is 2.55. The highest BCUT2D eigenvalue weighted by Gasteiger charge is 2.52. The van der Waals surface area contributed by atoms with E-state index in [1.807, 2.05) is 4.90 Å². The summed E-state index contributed by atoms with van der Waals surface area (Å²) in [5, 5.41) is 3.07. The van der Waals surface area contributed by atoms with Crippen LogP contribution in [-0.4, -0.2) is 96.6 Å². The maximum Gasteiger partial charge on any atom is 0.327 e. The SMILES string of the molecule is COC1CC2C(=O)N(Cc3ccc(C(=O)N4CCCC4)cc3)C(=O)N(CC(=O)NC3CCCC3)C2CC1OC. The number of carbonyl (C=O) groups excluding carboxylic acids is 4. The third-order valence-corrected chi connectivity index (χ3v) is 8.87. The highest BCUT2D eigenvalue weighted by molar-refractivity contribution is 6.00. The van der Waals surface area contributed by atoms with Gasteiger partial charge in [0.05, 0.1) is 24.7 Å². The molecule has 2 saturated carbocycles. The van der Waals surface area contributed by atoms with Gasteiger partial charge in [-0.15, -0.1) is 0 Å². The number of ether oxygens (including phenoxy) is 2. The Kier molecular flexibility index (Phi) is 8.52. The van der Waals surface area contributed by atoms with Crippen molar-refractivity contribution in [3.05, 3.63) is 35.4 Å².